The highest BCUT2D eigenvalue weighted by Crippen LogP contribution is 2.30. The Morgan fingerprint density at radius 3 is 2.50 bits per heavy atom. The molecular weight excluding hydrogens is 498 g/mol. The number of ether oxygens (including phenoxy) is 2. The van der Waals surface area contributed by atoms with Gasteiger partial charge in [0.15, 0.2) is 22.5 Å². The van der Waals surface area contributed by atoms with Crippen LogP contribution in [0.25, 0.3) is 17.1 Å². The molecule has 1 aromatic heterocycles. The maximum atomic E-state index is 12.5. The molecule has 4 aromatic rings. The lowest BCUT2D eigenvalue weighted by Gasteiger charge is -2.11. The van der Waals surface area contributed by atoms with Crippen molar-refractivity contribution in [2.45, 2.75) is 12.1 Å². The second-order valence-electron chi connectivity index (χ2n) is 7.65. The van der Waals surface area contributed by atoms with Gasteiger partial charge >= 0.3 is 0 Å². The molecule has 4 rings (SSSR count). The van der Waals surface area contributed by atoms with Gasteiger partial charge in [-0.1, -0.05) is 59.3 Å². The first kappa shape index (κ1) is 25.3. The van der Waals surface area contributed by atoms with E-state index in [1.165, 1.54) is 18.0 Å². The molecule has 36 heavy (non-hydrogen) atoms. The third-order valence-electron chi connectivity index (χ3n) is 5.19. The van der Waals surface area contributed by atoms with Gasteiger partial charge in [-0.2, -0.15) is 5.10 Å². The number of thioether (sulfide) groups is 1. The SMILES string of the molecule is COc1cccc(/C=N/NC(=O)CSc2nnc(-c3ccc(C)cc3)n2-c2ccc(Cl)cc2)c1OC. The Bertz CT molecular complexity index is 1370. The number of aryl methyl sites for hydroxylation is 1. The number of hydrazone groups is 1. The molecule has 0 saturated heterocycles. The normalized spacial score (nSPS) is 11.0. The van der Waals surface area contributed by atoms with Crippen molar-refractivity contribution in [3.8, 4) is 28.6 Å². The molecule has 0 aliphatic rings. The maximum absolute atomic E-state index is 12.5. The van der Waals surface area contributed by atoms with Crippen LogP contribution < -0.4 is 14.9 Å². The van der Waals surface area contributed by atoms with E-state index in [2.05, 4.69) is 20.7 Å². The number of methoxy groups -OCH3 is 2. The number of nitrogens with one attached hydrogen (secondary N) is 1. The summed E-state index contributed by atoms with van der Waals surface area (Å²) in [6.07, 6.45) is 1.51. The number of carbonyl (C=O) groups is 1. The molecule has 3 aromatic carbocycles. The van der Waals surface area contributed by atoms with Crippen molar-refractivity contribution < 1.29 is 14.3 Å². The summed E-state index contributed by atoms with van der Waals surface area (Å²) in [5.74, 6) is 1.58. The van der Waals surface area contributed by atoms with Crippen molar-refractivity contribution in [2.24, 2.45) is 5.10 Å². The van der Waals surface area contributed by atoms with Crippen LogP contribution in [0, 0.1) is 6.92 Å². The number of hydrogen-bond donors (Lipinski definition) is 1. The van der Waals surface area contributed by atoms with E-state index in [0.29, 0.717) is 33.1 Å². The minimum absolute atomic E-state index is 0.0895. The topological polar surface area (TPSA) is 90.6 Å². The van der Waals surface area contributed by atoms with E-state index < -0.39 is 0 Å². The predicted molar refractivity (Wildman–Crippen MR) is 143 cm³/mol. The maximum Gasteiger partial charge on any atom is 0.250 e. The van der Waals surface area contributed by atoms with Gasteiger partial charge in [-0.15, -0.1) is 10.2 Å². The van der Waals surface area contributed by atoms with Crippen LogP contribution >= 0.6 is 23.4 Å². The lowest BCUT2D eigenvalue weighted by molar-refractivity contribution is -0.118. The summed E-state index contributed by atoms with van der Waals surface area (Å²) in [5, 5.41) is 14.0. The fourth-order valence-electron chi connectivity index (χ4n) is 3.43. The molecule has 0 radical (unpaired) electrons. The predicted octanol–water partition coefficient (Wildman–Crippen LogP) is 5.16. The average molecular weight is 522 g/mol. The van der Waals surface area contributed by atoms with Crippen LogP contribution in [0.2, 0.25) is 5.02 Å². The van der Waals surface area contributed by atoms with E-state index in [-0.39, 0.29) is 11.7 Å². The summed E-state index contributed by atoms with van der Waals surface area (Å²) in [6, 6.07) is 20.8. The number of rotatable bonds is 9. The Labute approximate surface area is 218 Å². The fourth-order valence-corrected chi connectivity index (χ4v) is 4.30. The van der Waals surface area contributed by atoms with Crippen molar-refractivity contribution >= 4 is 35.5 Å². The number of hydrogen-bond acceptors (Lipinski definition) is 7. The highest BCUT2D eigenvalue weighted by Gasteiger charge is 2.17. The average Bonchev–Trinajstić information content (AvgIpc) is 3.32. The van der Waals surface area contributed by atoms with Gasteiger partial charge in [-0.05, 0) is 43.3 Å². The summed E-state index contributed by atoms with van der Waals surface area (Å²) in [7, 11) is 3.11. The summed E-state index contributed by atoms with van der Waals surface area (Å²) < 4.78 is 12.6. The molecule has 1 amide bonds. The highest BCUT2D eigenvalue weighted by molar-refractivity contribution is 7.99. The third-order valence-corrected chi connectivity index (χ3v) is 6.37. The monoisotopic (exact) mass is 521 g/mol. The molecule has 1 heterocycles. The number of para-hydroxylation sites is 1. The zero-order chi connectivity index (χ0) is 25.5. The van der Waals surface area contributed by atoms with Crippen LogP contribution in [0.3, 0.4) is 0 Å². The molecule has 0 spiro atoms. The lowest BCUT2D eigenvalue weighted by Crippen LogP contribution is -2.20. The number of aromatic nitrogens is 3. The molecule has 0 aliphatic heterocycles. The zero-order valence-corrected chi connectivity index (χ0v) is 21.5. The van der Waals surface area contributed by atoms with Crippen LogP contribution in [0.15, 0.2) is 77.0 Å². The molecule has 10 heteroatoms. The molecule has 0 unspecified atom stereocenters. The minimum Gasteiger partial charge on any atom is -0.493 e. The number of halogens is 1. The van der Waals surface area contributed by atoms with Gasteiger partial charge in [0.1, 0.15) is 0 Å². The van der Waals surface area contributed by atoms with E-state index in [4.69, 9.17) is 21.1 Å². The first-order chi connectivity index (χ1) is 17.5. The van der Waals surface area contributed by atoms with Crippen LogP contribution in [-0.4, -0.2) is 46.9 Å². The van der Waals surface area contributed by atoms with Crippen molar-refractivity contribution in [1.82, 2.24) is 20.2 Å². The minimum atomic E-state index is -0.291. The first-order valence-corrected chi connectivity index (χ1v) is 12.3. The summed E-state index contributed by atoms with van der Waals surface area (Å²) in [6.45, 7) is 2.03. The third kappa shape index (κ3) is 5.87. The Morgan fingerprint density at radius 2 is 1.81 bits per heavy atom. The smallest absolute Gasteiger partial charge is 0.250 e. The Balaban J connectivity index is 1.50. The summed E-state index contributed by atoms with van der Waals surface area (Å²) in [5.41, 5.74) is 6.12. The molecule has 1 N–H and O–H groups in total. The van der Waals surface area contributed by atoms with Gasteiger partial charge < -0.3 is 9.47 Å². The number of amides is 1. The Hall–Kier alpha value is -3.82. The number of benzene rings is 3. The van der Waals surface area contributed by atoms with Crippen LogP contribution in [-0.2, 0) is 4.79 Å². The van der Waals surface area contributed by atoms with Crippen LogP contribution in [0.5, 0.6) is 11.5 Å². The summed E-state index contributed by atoms with van der Waals surface area (Å²) >= 11 is 7.35. The van der Waals surface area contributed by atoms with Crippen LogP contribution in [0.1, 0.15) is 11.1 Å². The largest absolute Gasteiger partial charge is 0.493 e. The van der Waals surface area contributed by atoms with Gasteiger partial charge in [-0.25, -0.2) is 5.43 Å². The standard InChI is InChI=1S/C26H24ClN5O3S/c1-17-7-9-18(10-8-17)25-30-31-26(32(25)21-13-11-20(27)12-14-21)36-16-23(33)29-28-15-19-5-4-6-22(34-2)24(19)35-3/h4-15H,16H2,1-3H3,(H,29,33)/b28-15+. The van der Waals surface area contributed by atoms with Gasteiger partial charge in [0.05, 0.1) is 26.2 Å². The number of carbonyl (C=O) groups excluding carboxylic acids is 1. The molecule has 0 bridgehead atoms. The van der Waals surface area contributed by atoms with Crippen molar-refractivity contribution in [3.05, 3.63) is 82.9 Å². The van der Waals surface area contributed by atoms with E-state index in [9.17, 15) is 4.79 Å². The molecule has 0 fully saturated rings. The quantitative estimate of drug-likeness (QED) is 0.186. The molecule has 8 nitrogen and oxygen atoms in total. The van der Waals surface area contributed by atoms with Crippen LogP contribution in [0.4, 0.5) is 0 Å². The molecular formula is C26H24ClN5O3S. The lowest BCUT2D eigenvalue weighted by atomic mass is 10.1. The van der Waals surface area contributed by atoms with E-state index in [1.807, 2.05) is 60.0 Å². The van der Waals surface area contributed by atoms with Gasteiger partial charge in [0.2, 0.25) is 0 Å². The Kier molecular flexibility index (Phi) is 8.24. The van der Waals surface area contributed by atoms with E-state index in [1.54, 1.807) is 32.4 Å². The van der Waals surface area contributed by atoms with Gasteiger partial charge in [-0.3, -0.25) is 9.36 Å². The van der Waals surface area contributed by atoms with Crippen molar-refractivity contribution in [2.75, 3.05) is 20.0 Å². The summed E-state index contributed by atoms with van der Waals surface area (Å²) in [4.78, 5) is 12.5. The highest BCUT2D eigenvalue weighted by atomic mass is 35.5. The fraction of sp³-hybridized carbons (Fsp3) is 0.154. The van der Waals surface area contributed by atoms with Crippen molar-refractivity contribution in [1.29, 1.82) is 0 Å². The van der Waals surface area contributed by atoms with E-state index >= 15 is 0 Å². The molecule has 0 aliphatic carbocycles. The number of nitrogens with zero attached hydrogens (tertiary/aromatic N) is 4. The van der Waals surface area contributed by atoms with E-state index in [0.717, 1.165) is 16.8 Å². The van der Waals surface area contributed by atoms with Gasteiger partial charge in [0, 0.05) is 21.8 Å². The molecule has 0 atom stereocenters. The molecule has 0 saturated carbocycles. The van der Waals surface area contributed by atoms with Crippen molar-refractivity contribution in [3.63, 3.8) is 0 Å². The Morgan fingerprint density at radius 1 is 1.06 bits per heavy atom. The van der Waals surface area contributed by atoms with Gasteiger partial charge in [0.25, 0.3) is 5.91 Å². The second-order valence-corrected chi connectivity index (χ2v) is 9.03. The zero-order valence-electron chi connectivity index (χ0n) is 19.9. The first-order valence-electron chi connectivity index (χ1n) is 10.9. The molecule has 184 valence electrons. The second kappa shape index (κ2) is 11.7.